The first-order valence-corrected chi connectivity index (χ1v) is 7.73. The molecule has 2 unspecified atom stereocenters. The molecular weight excluding hydrogens is 268 g/mol. The van der Waals surface area contributed by atoms with E-state index >= 15 is 0 Å². The van der Waals surface area contributed by atoms with Gasteiger partial charge in [-0.2, -0.15) is 0 Å². The van der Waals surface area contributed by atoms with Crippen molar-refractivity contribution >= 4 is 35.3 Å². The van der Waals surface area contributed by atoms with E-state index in [-0.39, 0.29) is 10.4 Å². The second-order valence-corrected chi connectivity index (χ2v) is 6.39. The molecule has 0 N–H and O–H groups in total. The summed E-state index contributed by atoms with van der Waals surface area (Å²) in [7, 11) is 0. The lowest BCUT2D eigenvalue weighted by atomic mass is 10.2. The van der Waals surface area contributed by atoms with Gasteiger partial charge in [-0.25, -0.2) is 0 Å². The fraction of sp³-hybridized carbons (Fsp3) is 0.385. The van der Waals surface area contributed by atoms with Crippen LogP contribution in [0, 0.1) is 0 Å². The molecule has 0 amide bonds. The molecule has 5 heteroatoms. The van der Waals surface area contributed by atoms with Gasteiger partial charge in [0.25, 0.3) is 0 Å². The molecule has 2 atom stereocenters. The lowest BCUT2D eigenvalue weighted by molar-refractivity contribution is -0.144. The summed E-state index contributed by atoms with van der Waals surface area (Å²) in [4.78, 5) is 23.5. The topological polar surface area (TPSA) is 43.4 Å². The van der Waals surface area contributed by atoms with E-state index in [4.69, 9.17) is 4.74 Å². The van der Waals surface area contributed by atoms with Crippen molar-refractivity contribution in [1.82, 2.24) is 0 Å². The highest BCUT2D eigenvalue weighted by molar-refractivity contribution is 8.18. The summed E-state index contributed by atoms with van der Waals surface area (Å²) >= 11 is 2.95. The first kappa shape index (κ1) is 13.5. The van der Waals surface area contributed by atoms with Gasteiger partial charge in [-0.05, 0) is 12.5 Å². The molecule has 0 spiro atoms. The summed E-state index contributed by atoms with van der Waals surface area (Å²) in [6.07, 6.45) is 0. The zero-order valence-corrected chi connectivity index (χ0v) is 11.6. The van der Waals surface area contributed by atoms with Crippen molar-refractivity contribution in [3.8, 4) is 0 Å². The number of ether oxygens (including phenoxy) is 1. The van der Waals surface area contributed by atoms with Crippen molar-refractivity contribution < 1.29 is 14.3 Å². The molecule has 1 fully saturated rings. The van der Waals surface area contributed by atoms with Crippen LogP contribution in [0.15, 0.2) is 30.3 Å². The number of ketones is 1. The first-order valence-electron chi connectivity index (χ1n) is 5.73. The summed E-state index contributed by atoms with van der Waals surface area (Å²) < 4.78 is 5.07. The standard InChI is InChI=1S/C13H14O3S2/c1-2-16-12(15)11-10(14)8-17-13(18-11)9-6-4-3-5-7-9/h3-7,11,13H,2,8H2,1H3. The minimum Gasteiger partial charge on any atom is -0.465 e. The maximum Gasteiger partial charge on any atom is 0.326 e. The number of carbonyl (C=O) groups excluding carboxylic acids is 2. The van der Waals surface area contributed by atoms with Crippen LogP contribution in [-0.4, -0.2) is 29.4 Å². The lowest BCUT2D eigenvalue weighted by Gasteiger charge is -2.26. The molecule has 1 aliphatic heterocycles. The normalized spacial score (nSPS) is 23.7. The van der Waals surface area contributed by atoms with Crippen LogP contribution in [0.25, 0.3) is 0 Å². The molecular formula is C13H14O3S2. The summed E-state index contributed by atoms with van der Waals surface area (Å²) in [5.41, 5.74) is 1.13. The van der Waals surface area contributed by atoms with Crippen LogP contribution in [0.4, 0.5) is 0 Å². The Kier molecular flexibility index (Phi) is 4.72. The molecule has 0 saturated carbocycles. The Labute approximate surface area is 115 Å². The fourth-order valence-corrected chi connectivity index (χ4v) is 4.43. The van der Waals surface area contributed by atoms with E-state index < -0.39 is 11.2 Å². The molecule has 96 valence electrons. The average Bonchev–Trinajstić information content (AvgIpc) is 2.40. The van der Waals surface area contributed by atoms with E-state index in [2.05, 4.69) is 0 Å². The Balaban J connectivity index is 2.09. The molecule has 0 aliphatic carbocycles. The van der Waals surface area contributed by atoms with Crippen molar-refractivity contribution in [2.75, 3.05) is 12.4 Å². The Morgan fingerprint density at radius 2 is 2.11 bits per heavy atom. The predicted molar refractivity (Wildman–Crippen MR) is 74.7 cm³/mol. The van der Waals surface area contributed by atoms with Gasteiger partial charge in [-0.3, -0.25) is 9.59 Å². The molecule has 0 bridgehead atoms. The molecule has 1 heterocycles. The van der Waals surface area contributed by atoms with Gasteiger partial charge >= 0.3 is 5.97 Å². The second-order valence-electron chi connectivity index (χ2n) is 3.79. The highest BCUT2D eigenvalue weighted by atomic mass is 32.2. The van der Waals surface area contributed by atoms with E-state index in [0.29, 0.717) is 12.4 Å². The van der Waals surface area contributed by atoms with Gasteiger partial charge in [0.1, 0.15) is 0 Å². The molecule has 1 aromatic rings. The minimum atomic E-state index is -0.670. The van der Waals surface area contributed by atoms with Gasteiger partial charge in [-0.15, -0.1) is 23.5 Å². The van der Waals surface area contributed by atoms with Crippen LogP contribution < -0.4 is 0 Å². The Morgan fingerprint density at radius 3 is 2.78 bits per heavy atom. The average molecular weight is 282 g/mol. The van der Waals surface area contributed by atoms with Gasteiger partial charge < -0.3 is 4.74 Å². The maximum absolute atomic E-state index is 11.7. The number of hydrogen-bond acceptors (Lipinski definition) is 5. The summed E-state index contributed by atoms with van der Waals surface area (Å²) in [6, 6.07) is 9.92. The third-order valence-corrected chi connectivity index (χ3v) is 5.52. The quantitative estimate of drug-likeness (QED) is 0.630. The Morgan fingerprint density at radius 1 is 1.39 bits per heavy atom. The van der Waals surface area contributed by atoms with Gasteiger partial charge in [-0.1, -0.05) is 30.3 Å². The molecule has 1 aromatic carbocycles. The predicted octanol–water partition coefficient (Wildman–Crippen LogP) is 2.67. The fourth-order valence-electron chi connectivity index (χ4n) is 1.66. The van der Waals surface area contributed by atoms with Crippen molar-refractivity contribution in [3.63, 3.8) is 0 Å². The lowest BCUT2D eigenvalue weighted by Crippen LogP contribution is -2.33. The number of rotatable bonds is 3. The van der Waals surface area contributed by atoms with E-state index in [1.54, 1.807) is 18.7 Å². The number of esters is 1. The molecule has 3 nitrogen and oxygen atoms in total. The van der Waals surface area contributed by atoms with Crippen LogP contribution in [0.2, 0.25) is 0 Å². The monoisotopic (exact) mass is 282 g/mol. The summed E-state index contributed by atoms with van der Waals surface area (Å²) in [6.45, 7) is 2.06. The van der Waals surface area contributed by atoms with E-state index in [0.717, 1.165) is 5.56 Å². The summed E-state index contributed by atoms with van der Waals surface area (Å²) in [5, 5.41) is -0.670. The highest BCUT2D eigenvalue weighted by Crippen LogP contribution is 2.46. The SMILES string of the molecule is CCOC(=O)C1SC(c2ccccc2)SCC1=O. The third-order valence-electron chi connectivity index (χ3n) is 2.50. The Bertz CT molecular complexity index is 433. The van der Waals surface area contributed by atoms with Crippen LogP contribution >= 0.6 is 23.5 Å². The summed E-state index contributed by atoms with van der Waals surface area (Å²) in [5.74, 6) is -0.0832. The second kappa shape index (κ2) is 6.29. The van der Waals surface area contributed by atoms with Crippen LogP contribution in [-0.2, 0) is 14.3 Å². The van der Waals surface area contributed by atoms with Crippen LogP contribution in [0.1, 0.15) is 17.1 Å². The molecule has 18 heavy (non-hydrogen) atoms. The van der Waals surface area contributed by atoms with Gasteiger partial charge in [0.05, 0.1) is 16.9 Å². The molecule has 1 saturated heterocycles. The highest BCUT2D eigenvalue weighted by Gasteiger charge is 2.36. The van der Waals surface area contributed by atoms with Crippen LogP contribution in [0.5, 0.6) is 0 Å². The zero-order valence-electron chi connectivity index (χ0n) is 10.00. The van der Waals surface area contributed by atoms with Crippen molar-refractivity contribution in [3.05, 3.63) is 35.9 Å². The van der Waals surface area contributed by atoms with Crippen molar-refractivity contribution in [2.45, 2.75) is 16.8 Å². The number of benzene rings is 1. The number of carbonyl (C=O) groups is 2. The van der Waals surface area contributed by atoms with Gasteiger partial charge in [0, 0.05) is 0 Å². The maximum atomic E-state index is 11.7. The van der Waals surface area contributed by atoms with Crippen LogP contribution in [0.3, 0.4) is 0 Å². The largest absolute Gasteiger partial charge is 0.465 e. The van der Waals surface area contributed by atoms with Gasteiger partial charge in [0.2, 0.25) is 0 Å². The van der Waals surface area contributed by atoms with Crippen molar-refractivity contribution in [2.24, 2.45) is 0 Å². The number of hydrogen-bond donors (Lipinski definition) is 0. The first-order chi connectivity index (χ1) is 8.72. The molecule has 0 aromatic heterocycles. The zero-order chi connectivity index (χ0) is 13.0. The molecule has 0 radical (unpaired) electrons. The van der Waals surface area contributed by atoms with Crippen molar-refractivity contribution in [1.29, 1.82) is 0 Å². The number of thioether (sulfide) groups is 2. The molecule has 2 rings (SSSR count). The van der Waals surface area contributed by atoms with Gasteiger partial charge in [0.15, 0.2) is 11.0 Å². The van der Waals surface area contributed by atoms with E-state index in [1.807, 2.05) is 30.3 Å². The third kappa shape index (κ3) is 3.09. The minimum absolute atomic E-state index is 0.0457. The van der Waals surface area contributed by atoms with E-state index in [1.165, 1.54) is 11.8 Å². The molecule has 1 aliphatic rings. The Hall–Kier alpha value is -0.940. The number of Topliss-reactive ketones (excluding diaryl/α,β-unsaturated/α-hetero) is 1. The van der Waals surface area contributed by atoms with E-state index in [9.17, 15) is 9.59 Å². The smallest absolute Gasteiger partial charge is 0.326 e.